The highest BCUT2D eigenvalue weighted by Gasteiger charge is 1.99. The van der Waals surface area contributed by atoms with Gasteiger partial charge in [-0.3, -0.25) is 4.98 Å². The van der Waals surface area contributed by atoms with E-state index in [9.17, 15) is 4.79 Å². The van der Waals surface area contributed by atoms with Gasteiger partial charge < -0.3 is 9.84 Å². The third-order valence-electron chi connectivity index (χ3n) is 1.61. The van der Waals surface area contributed by atoms with Gasteiger partial charge in [-0.1, -0.05) is 19.2 Å². The number of aromatic nitrogens is 1. The zero-order chi connectivity index (χ0) is 13.1. The van der Waals surface area contributed by atoms with Crippen molar-refractivity contribution in [2.75, 3.05) is 13.2 Å². The number of aliphatic hydroxyl groups excluding tert-OH is 1. The van der Waals surface area contributed by atoms with E-state index in [0.29, 0.717) is 5.57 Å². The van der Waals surface area contributed by atoms with Gasteiger partial charge in [-0.25, -0.2) is 4.79 Å². The molecule has 0 aromatic carbocycles. The van der Waals surface area contributed by atoms with E-state index in [-0.39, 0.29) is 13.2 Å². The summed E-state index contributed by atoms with van der Waals surface area (Å²) in [5, 5.41) is 8.19. The van der Waals surface area contributed by atoms with Crippen LogP contribution in [0, 0.1) is 0 Å². The number of carbonyl (C=O) groups is 1. The lowest BCUT2D eigenvalue weighted by Gasteiger charge is -1.99. The van der Waals surface area contributed by atoms with Crippen LogP contribution in [0.15, 0.2) is 43.3 Å². The summed E-state index contributed by atoms with van der Waals surface area (Å²) in [7, 11) is 0. The number of rotatable bonds is 4. The van der Waals surface area contributed by atoms with Crippen molar-refractivity contribution < 1.29 is 14.6 Å². The Bertz CT molecular complexity index is 360. The lowest BCUT2D eigenvalue weighted by Crippen LogP contribution is -2.08. The minimum atomic E-state index is -0.455. The van der Waals surface area contributed by atoms with Crippen molar-refractivity contribution in [3.05, 3.63) is 48.8 Å². The largest absolute Gasteiger partial charge is 0.460 e. The second kappa shape index (κ2) is 9.30. The summed E-state index contributed by atoms with van der Waals surface area (Å²) in [6.45, 7) is 8.42. The van der Waals surface area contributed by atoms with Gasteiger partial charge in [0.15, 0.2) is 0 Å². The van der Waals surface area contributed by atoms with E-state index in [1.807, 2.05) is 12.1 Å². The molecule has 0 saturated heterocycles. The smallest absolute Gasteiger partial charge is 0.333 e. The van der Waals surface area contributed by atoms with Crippen LogP contribution >= 0.6 is 0 Å². The van der Waals surface area contributed by atoms with Crippen molar-refractivity contribution >= 4 is 12.0 Å². The molecule has 0 bridgehead atoms. The molecule has 4 heteroatoms. The fraction of sp³-hybridized carbons (Fsp3) is 0.231. The number of pyridine rings is 1. The Kier molecular flexibility index (Phi) is 8.24. The van der Waals surface area contributed by atoms with Crippen LogP contribution < -0.4 is 0 Å². The molecule has 4 nitrogen and oxygen atoms in total. The Morgan fingerprint density at radius 1 is 1.53 bits per heavy atom. The van der Waals surface area contributed by atoms with Crippen LogP contribution in [0.2, 0.25) is 0 Å². The SMILES string of the molecule is C=C(C)C(=O)OCCO.C=Cc1ccncc1. The van der Waals surface area contributed by atoms with Crippen LogP contribution in [-0.4, -0.2) is 29.3 Å². The minimum Gasteiger partial charge on any atom is -0.460 e. The monoisotopic (exact) mass is 235 g/mol. The first kappa shape index (κ1) is 15.1. The average molecular weight is 235 g/mol. The quantitative estimate of drug-likeness (QED) is 0.639. The predicted octanol–water partition coefficient (Wildman–Crippen LogP) is 1.82. The van der Waals surface area contributed by atoms with Crippen LogP contribution in [0.5, 0.6) is 0 Å². The van der Waals surface area contributed by atoms with E-state index in [2.05, 4.69) is 22.9 Å². The molecule has 0 spiro atoms. The van der Waals surface area contributed by atoms with Gasteiger partial charge >= 0.3 is 5.97 Å². The van der Waals surface area contributed by atoms with Crippen molar-refractivity contribution in [3.8, 4) is 0 Å². The van der Waals surface area contributed by atoms with Crippen LogP contribution in [0.1, 0.15) is 12.5 Å². The molecule has 0 fully saturated rings. The highest BCUT2D eigenvalue weighted by atomic mass is 16.5. The van der Waals surface area contributed by atoms with Crippen molar-refractivity contribution in [1.82, 2.24) is 4.98 Å². The van der Waals surface area contributed by atoms with Crippen molar-refractivity contribution in [3.63, 3.8) is 0 Å². The van der Waals surface area contributed by atoms with E-state index in [1.54, 1.807) is 25.4 Å². The lowest BCUT2D eigenvalue weighted by atomic mass is 10.3. The number of hydrogen-bond donors (Lipinski definition) is 1. The Morgan fingerprint density at radius 2 is 2.12 bits per heavy atom. The van der Waals surface area contributed by atoms with Gasteiger partial charge in [-0.15, -0.1) is 0 Å². The number of hydrogen-bond acceptors (Lipinski definition) is 4. The summed E-state index contributed by atoms with van der Waals surface area (Å²) in [6, 6.07) is 3.82. The van der Waals surface area contributed by atoms with Crippen molar-refractivity contribution in [1.29, 1.82) is 0 Å². The van der Waals surface area contributed by atoms with Gasteiger partial charge in [-0.05, 0) is 24.6 Å². The molecule has 0 amide bonds. The van der Waals surface area contributed by atoms with Crippen molar-refractivity contribution in [2.24, 2.45) is 0 Å². The molecule has 92 valence electrons. The molecule has 17 heavy (non-hydrogen) atoms. The number of carbonyl (C=O) groups excluding carboxylic acids is 1. The Labute approximate surface area is 101 Å². The molecular weight excluding hydrogens is 218 g/mol. The van der Waals surface area contributed by atoms with Gasteiger partial charge in [0.2, 0.25) is 0 Å². The maximum atomic E-state index is 10.5. The molecule has 0 atom stereocenters. The second-order valence-corrected chi connectivity index (χ2v) is 3.12. The van der Waals surface area contributed by atoms with Crippen LogP contribution in [0.4, 0.5) is 0 Å². The number of nitrogens with zero attached hydrogens (tertiary/aromatic N) is 1. The molecule has 1 N–H and O–H groups in total. The Hall–Kier alpha value is -1.94. The van der Waals surface area contributed by atoms with Gasteiger partial charge in [-0.2, -0.15) is 0 Å². The molecule has 1 heterocycles. The fourth-order valence-electron chi connectivity index (χ4n) is 0.761. The summed E-state index contributed by atoms with van der Waals surface area (Å²) in [5.41, 5.74) is 1.46. The summed E-state index contributed by atoms with van der Waals surface area (Å²) in [5.74, 6) is -0.455. The van der Waals surface area contributed by atoms with Crippen LogP contribution in [-0.2, 0) is 9.53 Å². The number of ether oxygens (including phenoxy) is 1. The van der Waals surface area contributed by atoms with E-state index < -0.39 is 5.97 Å². The average Bonchev–Trinajstić information content (AvgIpc) is 2.37. The number of aliphatic hydroxyl groups is 1. The summed E-state index contributed by atoms with van der Waals surface area (Å²) < 4.78 is 4.46. The predicted molar refractivity (Wildman–Crippen MR) is 67.2 cm³/mol. The standard InChI is InChI=1S/C7H7N.C6H10O3/c1-2-7-3-5-8-6-4-7;1-5(2)6(8)9-4-3-7/h2-6H,1H2;7H,1,3-4H2,2H3. The van der Waals surface area contributed by atoms with E-state index >= 15 is 0 Å². The Morgan fingerprint density at radius 3 is 2.47 bits per heavy atom. The molecule has 0 aliphatic carbocycles. The highest BCUT2D eigenvalue weighted by molar-refractivity contribution is 5.86. The third-order valence-corrected chi connectivity index (χ3v) is 1.61. The minimum absolute atomic E-state index is 0.0473. The van der Waals surface area contributed by atoms with E-state index in [0.717, 1.165) is 5.56 Å². The van der Waals surface area contributed by atoms with Gasteiger partial charge in [0, 0.05) is 18.0 Å². The highest BCUT2D eigenvalue weighted by Crippen LogP contribution is 1.95. The van der Waals surface area contributed by atoms with E-state index in [1.165, 1.54) is 0 Å². The number of esters is 1. The molecule has 0 unspecified atom stereocenters. The molecular formula is C13H17NO3. The van der Waals surface area contributed by atoms with Crippen LogP contribution in [0.3, 0.4) is 0 Å². The first-order chi connectivity index (χ1) is 8.11. The van der Waals surface area contributed by atoms with Crippen molar-refractivity contribution in [2.45, 2.75) is 6.92 Å². The molecule has 1 aromatic heterocycles. The third kappa shape index (κ3) is 7.93. The Balaban J connectivity index is 0.000000302. The normalized spacial score (nSPS) is 8.59. The summed E-state index contributed by atoms with van der Waals surface area (Å²) in [4.78, 5) is 14.3. The molecule has 1 rings (SSSR count). The zero-order valence-electron chi connectivity index (χ0n) is 9.93. The molecule has 1 aromatic rings. The van der Waals surface area contributed by atoms with Gasteiger partial charge in [0.05, 0.1) is 6.61 Å². The van der Waals surface area contributed by atoms with E-state index in [4.69, 9.17) is 5.11 Å². The molecule has 0 radical (unpaired) electrons. The zero-order valence-corrected chi connectivity index (χ0v) is 9.93. The lowest BCUT2D eigenvalue weighted by molar-refractivity contribution is -0.139. The molecule has 0 saturated carbocycles. The fourth-order valence-corrected chi connectivity index (χ4v) is 0.761. The first-order valence-corrected chi connectivity index (χ1v) is 5.07. The second-order valence-electron chi connectivity index (χ2n) is 3.12. The molecule has 0 aliphatic heterocycles. The maximum Gasteiger partial charge on any atom is 0.333 e. The molecule has 0 aliphatic rings. The topological polar surface area (TPSA) is 59.4 Å². The first-order valence-electron chi connectivity index (χ1n) is 5.07. The maximum absolute atomic E-state index is 10.5. The van der Waals surface area contributed by atoms with Gasteiger partial charge in [0.1, 0.15) is 6.61 Å². The summed E-state index contributed by atoms with van der Waals surface area (Å²) >= 11 is 0. The van der Waals surface area contributed by atoms with Gasteiger partial charge in [0.25, 0.3) is 0 Å². The van der Waals surface area contributed by atoms with Crippen LogP contribution in [0.25, 0.3) is 6.08 Å². The summed E-state index contributed by atoms with van der Waals surface area (Å²) in [6.07, 6.45) is 5.29.